The van der Waals surface area contributed by atoms with Crippen molar-refractivity contribution in [1.82, 2.24) is 0 Å². The molecule has 20 heavy (non-hydrogen) atoms. The number of hydrogen-bond acceptors (Lipinski definition) is 1. The van der Waals surface area contributed by atoms with Crippen molar-refractivity contribution in [3.05, 3.63) is 35.4 Å². The minimum Gasteiger partial charge on any atom is -0.393 e. The quantitative estimate of drug-likeness (QED) is 0.835. The molecule has 1 nitrogen and oxygen atoms in total. The van der Waals surface area contributed by atoms with Crippen molar-refractivity contribution in [3.63, 3.8) is 0 Å². The van der Waals surface area contributed by atoms with Crippen molar-refractivity contribution in [3.8, 4) is 0 Å². The standard InChI is InChI=1S/C19H28O/c1-19(12-5-2-6-13-19)18(20)14-16-10-7-9-15-8-3-4-11-17(15)16/h3-4,8,11,16,18,20H,2,5-7,9-10,12-14H2,1H3. The molecule has 0 amide bonds. The van der Waals surface area contributed by atoms with E-state index in [1.54, 1.807) is 0 Å². The molecule has 110 valence electrons. The van der Waals surface area contributed by atoms with Gasteiger partial charge in [-0.15, -0.1) is 0 Å². The highest BCUT2D eigenvalue weighted by Gasteiger charge is 2.36. The molecule has 1 heteroatoms. The van der Waals surface area contributed by atoms with E-state index in [0.29, 0.717) is 5.92 Å². The first kappa shape index (κ1) is 14.1. The minimum atomic E-state index is -0.126. The van der Waals surface area contributed by atoms with Gasteiger partial charge in [0.1, 0.15) is 0 Å². The van der Waals surface area contributed by atoms with Crippen LogP contribution in [-0.2, 0) is 6.42 Å². The predicted octanol–water partition coefficient (Wildman–Crippen LogP) is 4.83. The lowest BCUT2D eigenvalue weighted by atomic mass is 9.68. The predicted molar refractivity (Wildman–Crippen MR) is 83.9 cm³/mol. The Morgan fingerprint density at radius 3 is 2.70 bits per heavy atom. The van der Waals surface area contributed by atoms with Gasteiger partial charge < -0.3 is 5.11 Å². The molecule has 0 aromatic heterocycles. The van der Waals surface area contributed by atoms with Crippen molar-refractivity contribution >= 4 is 0 Å². The summed E-state index contributed by atoms with van der Waals surface area (Å²) in [5.74, 6) is 0.578. The summed E-state index contributed by atoms with van der Waals surface area (Å²) in [7, 11) is 0. The Bertz CT molecular complexity index is 445. The van der Waals surface area contributed by atoms with Gasteiger partial charge in [-0.05, 0) is 61.0 Å². The van der Waals surface area contributed by atoms with Gasteiger partial charge in [0.25, 0.3) is 0 Å². The number of aliphatic hydroxyl groups excluding tert-OH is 1. The first-order valence-corrected chi connectivity index (χ1v) is 8.45. The normalized spacial score (nSPS) is 26.8. The van der Waals surface area contributed by atoms with Gasteiger partial charge in [-0.3, -0.25) is 0 Å². The second kappa shape index (κ2) is 5.89. The second-order valence-corrected chi connectivity index (χ2v) is 7.25. The summed E-state index contributed by atoms with van der Waals surface area (Å²) in [6.45, 7) is 2.31. The first-order chi connectivity index (χ1) is 9.69. The molecule has 1 aromatic carbocycles. The Hall–Kier alpha value is -0.820. The smallest absolute Gasteiger partial charge is 0.0599 e. The summed E-state index contributed by atoms with van der Waals surface area (Å²) >= 11 is 0. The van der Waals surface area contributed by atoms with Gasteiger partial charge in [-0.2, -0.15) is 0 Å². The van der Waals surface area contributed by atoms with Gasteiger partial charge >= 0.3 is 0 Å². The van der Waals surface area contributed by atoms with Crippen LogP contribution in [0.15, 0.2) is 24.3 Å². The fourth-order valence-electron chi connectivity index (χ4n) is 4.35. The zero-order valence-corrected chi connectivity index (χ0v) is 12.8. The number of fused-ring (bicyclic) bond motifs is 1. The summed E-state index contributed by atoms with van der Waals surface area (Å²) in [6.07, 6.45) is 11.0. The molecule has 0 spiro atoms. The average Bonchev–Trinajstić information content (AvgIpc) is 2.48. The maximum absolute atomic E-state index is 10.8. The molecule has 1 aromatic rings. The highest BCUT2D eigenvalue weighted by molar-refractivity contribution is 5.32. The fourth-order valence-corrected chi connectivity index (χ4v) is 4.35. The third-order valence-corrected chi connectivity index (χ3v) is 5.80. The lowest BCUT2D eigenvalue weighted by Gasteiger charge is -2.40. The Balaban J connectivity index is 1.72. The van der Waals surface area contributed by atoms with Crippen molar-refractivity contribution < 1.29 is 5.11 Å². The molecular weight excluding hydrogens is 244 g/mol. The summed E-state index contributed by atoms with van der Waals surface area (Å²) in [5.41, 5.74) is 3.20. The van der Waals surface area contributed by atoms with E-state index in [9.17, 15) is 5.11 Å². The van der Waals surface area contributed by atoms with E-state index >= 15 is 0 Å². The Morgan fingerprint density at radius 1 is 1.15 bits per heavy atom. The monoisotopic (exact) mass is 272 g/mol. The van der Waals surface area contributed by atoms with Gasteiger partial charge in [0, 0.05) is 0 Å². The van der Waals surface area contributed by atoms with Crippen molar-refractivity contribution in [2.75, 3.05) is 0 Å². The van der Waals surface area contributed by atoms with Crippen molar-refractivity contribution in [2.45, 2.75) is 76.7 Å². The van der Waals surface area contributed by atoms with Crippen LogP contribution in [-0.4, -0.2) is 11.2 Å². The van der Waals surface area contributed by atoms with Crippen LogP contribution in [0, 0.1) is 5.41 Å². The second-order valence-electron chi connectivity index (χ2n) is 7.25. The zero-order valence-electron chi connectivity index (χ0n) is 12.8. The van der Waals surface area contributed by atoms with Gasteiger partial charge in [-0.1, -0.05) is 50.5 Å². The molecule has 1 saturated carbocycles. The van der Waals surface area contributed by atoms with Crippen molar-refractivity contribution in [2.24, 2.45) is 5.41 Å². The molecule has 2 aliphatic rings. The van der Waals surface area contributed by atoms with E-state index in [-0.39, 0.29) is 11.5 Å². The van der Waals surface area contributed by atoms with Crippen LogP contribution in [0.3, 0.4) is 0 Å². The van der Waals surface area contributed by atoms with Crippen molar-refractivity contribution in [1.29, 1.82) is 0 Å². The maximum Gasteiger partial charge on any atom is 0.0599 e. The van der Waals surface area contributed by atoms with E-state index in [4.69, 9.17) is 0 Å². The SMILES string of the molecule is CC1(C(O)CC2CCCc3ccccc32)CCCCC1. The first-order valence-electron chi connectivity index (χ1n) is 8.45. The lowest BCUT2D eigenvalue weighted by molar-refractivity contribution is -0.00136. The number of benzene rings is 1. The van der Waals surface area contributed by atoms with Crippen LogP contribution < -0.4 is 0 Å². The molecule has 1 fully saturated rings. The topological polar surface area (TPSA) is 20.2 Å². The molecular formula is C19H28O. The van der Waals surface area contributed by atoms with E-state index in [1.165, 1.54) is 62.5 Å². The fraction of sp³-hybridized carbons (Fsp3) is 0.684. The van der Waals surface area contributed by atoms with Crippen LogP contribution >= 0.6 is 0 Å². The Labute approximate surface area is 123 Å². The van der Waals surface area contributed by atoms with E-state index in [1.807, 2.05) is 0 Å². The van der Waals surface area contributed by atoms with E-state index < -0.39 is 0 Å². The van der Waals surface area contributed by atoms with Gasteiger partial charge in [-0.25, -0.2) is 0 Å². The number of aryl methyl sites for hydroxylation is 1. The number of aliphatic hydroxyl groups is 1. The molecule has 3 rings (SSSR count). The Kier molecular flexibility index (Phi) is 4.16. The van der Waals surface area contributed by atoms with E-state index in [2.05, 4.69) is 31.2 Å². The molecule has 2 unspecified atom stereocenters. The van der Waals surface area contributed by atoms with Gasteiger partial charge in [0.2, 0.25) is 0 Å². The zero-order chi connectivity index (χ0) is 14.0. The maximum atomic E-state index is 10.8. The van der Waals surface area contributed by atoms with Crippen LogP contribution in [0.4, 0.5) is 0 Å². The molecule has 2 atom stereocenters. The number of hydrogen-bond donors (Lipinski definition) is 1. The third-order valence-electron chi connectivity index (χ3n) is 5.80. The highest BCUT2D eigenvalue weighted by Crippen LogP contribution is 2.43. The number of rotatable bonds is 3. The molecule has 0 saturated heterocycles. The van der Waals surface area contributed by atoms with Gasteiger partial charge in [0.15, 0.2) is 0 Å². The minimum absolute atomic E-state index is 0.126. The van der Waals surface area contributed by atoms with Gasteiger partial charge in [0.05, 0.1) is 6.10 Å². The van der Waals surface area contributed by atoms with Crippen LogP contribution in [0.1, 0.15) is 75.3 Å². The molecule has 1 N–H and O–H groups in total. The summed E-state index contributed by atoms with van der Waals surface area (Å²) in [4.78, 5) is 0. The molecule has 0 radical (unpaired) electrons. The van der Waals surface area contributed by atoms with Crippen LogP contribution in [0.25, 0.3) is 0 Å². The Morgan fingerprint density at radius 2 is 1.90 bits per heavy atom. The molecule has 0 bridgehead atoms. The van der Waals surface area contributed by atoms with Crippen LogP contribution in [0.5, 0.6) is 0 Å². The summed E-state index contributed by atoms with van der Waals surface area (Å²) in [5, 5.41) is 10.8. The molecule has 0 aliphatic heterocycles. The summed E-state index contributed by atoms with van der Waals surface area (Å²) < 4.78 is 0. The summed E-state index contributed by atoms with van der Waals surface area (Å²) in [6, 6.07) is 8.87. The van der Waals surface area contributed by atoms with Crippen LogP contribution in [0.2, 0.25) is 0 Å². The molecule has 0 heterocycles. The average molecular weight is 272 g/mol. The largest absolute Gasteiger partial charge is 0.393 e. The molecule has 2 aliphatic carbocycles. The third kappa shape index (κ3) is 2.79. The van der Waals surface area contributed by atoms with E-state index in [0.717, 1.165) is 6.42 Å². The highest BCUT2D eigenvalue weighted by atomic mass is 16.3. The lowest BCUT2D eigenvalue weighted by Crippen LogP contribution is -2.35.